The number of ether oxygens (including phenoxy) is 2. The quantitative estimate of drug-likeness (QED) is 0.295. The highest BCUT2D eigenvalue weighted by Crippen LogP contribution is 2.47. The number of halogens is 5. The van der Waals surface area contributed by atoms with Gasteiger partial charge in [0, 0.05) is 5.56 Å². The number of carbonyl (C=O) groups is 1. The molecule has 1 aliphatic carbocycles. The summed E-state index contributed by atoms with van der Waals surface area (Å²) in [6.45, 7) is -0.564. The maximum absolute atomic E-state index is 13.6. The van der Waals surface area contributed by atoms with E-state index >= 15 is 0 Å². The van der Waals surface area contributed by atoms with Crippen LogP contribution in [-0.4, -0.2) is 26.1 Å². The van der Waals surface area contributed by atoms with E-state index in [0.29, 0.717) is 47.5 Å². The summed E-state index contributed by atoms with van der Waals surface area (Å²) >= 11 is 12.9. The van der Waals surface area contributed by atoms with Crippen molar-refractivity contribution in [1.29, 1.82) is 0 Å². The Balaban J connectivity index is 1.52. The molecule has 0 fully saturated rings. The zero-order valence-electron chi connectivity index (χ0n) is 19.6. The normalized spacial score (nSPS) is 13.7. The molecule has 0 aliphatic heterocycles. The first-order chi connectivity index (χ1) is 17.8. The van der Waals surface area contributed by atoms with E-state index in [0.717, 1.165) is 12.1 Å². The number of rotatable bonds is 9. The molecule has 0 atom stereocenters. The summed E-state index contributed by atoms with van der Waals surface area (Å²) in [6.07, 6.45) is -2.81. The van der Waals surface area contributed by atoms with Crippen LogP contribution in [-0.2, 0) is 43.9 Å². The minimum atomic E-state index is -4.43. The highest BCUT2D eigenvalue weighted by molar-refractivity contribution is 7.95. The number of carboxylic acid groups (broad SMARTS) is 1. The van der Waals surface area contributed by atoms with Crippen LogP contribution < -0.4 is 9.47 Å². The Morgan fingerprint density at radius 1 is 0.868 bits per heavy atom. The Bertz CT molecular complexity index is 1440. The first kappa shape index (κ1) is 28.1. The monoisotopic (exact) mass is 588 g/mol. The van der Waals surface area contributed by atoms with Crippen LogP contribution in [0.2, 0.25) is 0 Å². The number of aliphatic carboxylic acids is 1. The Kier molecular flexibility index (Phi) is 7.88. The van der Waals surface area contributed by atoms with Crippen molar-refractivity contribution in [1.82, 2.24) is 0 Å². The molecule has 0 heterocycles. The summed E-state index contributed by atoms with van der Waals surface area (Å²) in [5.74, 6) is -0.514. The van der Waals surface area contributed by atoms with Crippen molar-refractivity contribution < 1.29 is 41.0 Å². The predicted octanol–water partition coefficient (Wildman–Crippen LogP) is 6.30. The molecule has 0 unspecified atom stereocenters. The van der Waals surface area contributed by atoms with Gasteiger partial charge in [-0.1, -0.05) is 47.5 Å². The Morgan fingerprint density at radius 3 is 2.08 bits per heavy atom. The van der Waals surface area contributed by atoms with E-state index in [9.17, 15) is 26.4 Å². The van der Waals surface area contributed by atoms with Crippen LogP contribution >= 0.6 is 23.2 Å². The minimum Gasteiger partial charge on any atom is -0.489 e. The lowest BCUT2D eigenvalue weighted by atomic mass is 10.1. The summed E-state index contributed by atoms with van der Waals surface area (Å²) < 4.78 is 73.9. The summed E-state index contributed by atoms with van der Waals surface area (Å²) in [5.41, 5.74) is 0.929. The van der Waals surface area contributed by atoms with E-state index in [-0.39, 0.29) is 17.1 Å². The summed E-state index contributed by atoms with van der Waals surface area (Å²) in [4.78, 5) is 10.8. The van der Waals surface area contributed by atoms with Gasteiger partial charge < -0.3 is 14.6 Å². The molecular formula is C26H21Cl2F3O6S. The van der Waals surface area contributed by atoms with Gasteiger partial charge in [-0.2, -0.15) is 13.2 Å². The number of alkyl halides is 5. The van der Waals surface area contributed by atoms with Gasteiger partial charge in [0.25, 0.3) is 0 Å². The van der Waals surface area contributed by atoms with Crippen LogP contribution in [0, 0.1) is 0 Å². The molecule has 0 amide bonds. The average Bonchev–Trinajstić information content (AvgIpc) is 3.36. The van der Waals surface area contributed by atoms with Crippen LogP contribution in [0.15, 0.2) is 65.6 Å². The van der Waals surface area contributed by atoms with Gasteiger partial charge in [-0.25, -0.2) is 13.2 Å². The van der Waals surface area contributed by atoms with Gasteiger partial charge in [-0.15, -0.1) is 0 Å². The third-order valence-electron chi connectivity index (χ3n) is 6.05. The van der Waals surface area contributed by atoms with Crippen LogP contribution in [0.3, 0.4) is 0 Å². The zero-order valence-corrected chi connectivity index (χ0v) is 21.9. The lowest BCUT2D eigenvalue weighted by Gasteiger charge is -2.23. The fourth-order valence-corrected chi connectivity index (χ4v) is 6.43. The maximum atomic E-state index is 13.6. The number of benzene rings is 3. The van der Waals surface area contributed by atoms with Crippen LogP contribution in [0.5, 0.6) is 11.5 Å². The molecule has 4 rings (SSSR count). The molecule has 3 aromatic carbocycles. The SMILES string of the molecule is O=C(O)COc1ccc(S(=O)(=O)C(Cl)(Cl)c2ccc(OCc3ccc(C(F)(F)F)cc3)cc2)c2c1CCC2. The van der Waals surface area contributed by atoms with E-state index in [1.54, 1.807) is 0 Å². The van der Waals surface area contributed by atoms with Crippen LogP contribution in [0.1, 0.15) is 34.2 Å². The lowest BCUT2D eigenvalue weighted by Crippen LogP contribution is -2.25. The van der Waals surface area contributed by atoms with Gasteiger partial charge in [0.05, 0.1) is 10.5 Å². The molecule has 0 radical (unpaired) electrons. The largest absolute Gasteiger partial charge is 0.489 e. The second-order valence-corrected chi connectivity index (χ2v) is 12.4. The van der Waals surface area contributed by atoms with E-state index < -0.39 is 37.8 Å². The molecule has 12 heteroatoms. The molecular weight excluding hydrogens is 568 g/mol. The molecule has 0 spiro atoms. The lowest BCUT2D eigenvalue weighted by molar-refractivity contribution is -0.139. The topological polar surface area (TPSA) is 89.9 Å². The number of fused-ring (bicyclic) bond motifs is 1. The molecule has 1 N–H and O–H groups in total. The average molecular weight is 589 g/mol. The molecule has 0 aromatic heterocycles. The van der Waals surface area contributed by atoms with Crippen molar-refractivity contribution in [3.63, 3.8) is 0 Å². The van der Waals surface area contributed by atoms with Gasteiger partial charge >= 0.3 is 12.1 Å². The molecule has 0 bridgehead atoms. The second-order valence-electron chi connectivity index (χ2n) is 8.58. The van der Waals surface area contributed by atoms with Crippen molar-refractivity contribution in [2.45, 2.75) is 40.6 Å². The Morgan fingerprint density at radius 2 is 1.47 bits per heavy atom. The first-order valence-electron chi connectivity index (χ1n) is 11.3. The molecule has 0 saturated carbocycles. The van der Waals surface area contributed by atoms with Crippen molar-refractivity contribution in [2.24, 2.45) is 0 Å². The standard InChI is InChI=1S/C26H21Cl2F3O6S/c27-25(28,38(34,35)23-13-12-22(37-15-24(32)33)20-2-1-3-21(20)23)17-8-10-19(11-9-17)36-14-16-4-6-18(7-5-16)26(29,30)31/h4-13H,1-3,14-15H2,(H,32,33). The molecule has 202 valence electrons. The number of carboxylic acids is 1. The van der Waals surface area contributed by atoms with E-state index in [1.165, 1.54) is 48.5 Å². The van der Waals surface area contributed by atoms with Crippen molar-refractivity contribution in [3.8, 4) is 11.5 Å². The summed E-state index contributed by atoms with van der Waals surface area (Å²) in [6, 6.07) is 13.0. The van der Waals surface area contributed by atoms with E-state index in [2.05, 4.69) is 0 Å². The number of sulfone groups is 1. The van der Waals surface area contributed by atoms with Crippen LogP contribution in [0.25, 0.3) is 0 Å². The van der Waals surface area contributed by atoms with Crippen molar-refractivity contribution in [2.75, 3.05) is 6.61 Å². The third-order valence-corrected chi connectivity index (χ3v) is 9.58. The fraction of sp³-hybridized carbons (Fsp3) is 0.269. The fourth-order valence-electron chi connectivity index (χ4n) is 4.16. The minimum absolute atomic E-state index is 0.00882. The van der Waals surface area contributed by atoms with E-state index in [4.69, 9.17) is 37.8 Å². The van der Waals surface area contributed by atoms with Gasteiger partial charge in [0.2, 0.25) is 13.5 Å². The van der Waals surface area contributed by atoms with Gasteiger partial charge in [-0.3, -0.25) is 0 Å². The molecule has 38 heavy (non-hydrogen) atoms. The summed E-state index contributed by atoms with van der Waals surface area (Å²) in [5, 5.41) is 8.89. The maximum Gasteiger partial charge on any atom is 0.416 e. The number of hydrogen-bond donors (Lipinski definition) is 1. The van der Waals surface area contributed by atoms with Gasteiger partial charge in [0.15, 0.2) is 6.61 Å². The van der Waals surface area contributed by atoms with Gasteiger partial charge in [-0.05, 0) is 72.4 Å². The molecule has 6 nitrogen and oxygen atoms in total. The highest BCUT2D eigenvalue weighted by Gasteiger charge is 2.45. The zero-order chi connectivity index (χ0) is 27.7. The van der Waals surface area contributed by atoms with E-state index in [1.807, 2.05) is 0 Å². The highest BCUT2D eigenvalue weighted by atomic mass is 35.5. The third kappa shape index (κ3) is 5.72. The molecule has 3 aromatic rings. The number of hydrogen-bond acceptors (Lipinski definition) is 5. The van der Waals surface area contributed by atoms with Crippen molar-refractivity contribution in [3.05, 3.63) is 88.5 Å². The van der Waals surface area contributed by atoms with Crippen LogP contribution in [0.4, 0.5) is 13.2 Å². The Labute approximate surface area is 226 Å². The predicted molar refractivity (Wildman–Crippen MR) is 134 cm³/mol. The van der Waals surface area contributed by atoms with Crippen molar-refractivity contribution >= 4 is 39.0 Å². The summed E-state index contributed by atoms with van der Waals surface area (Å²) in [7, 11) is -4.32. The Hall–Kier alpha value is -2.95. The molecule has 1 aliphatic rings. The van der Waals surface area contributed by atoms with Gasteiger partial charge in [0.1, 0.15) is 18.1 Å². The smallest absolute Gasteiger partial charge is 0.416 e. The first-order valence-corrected chi connectivity index (χ1v) is 13.6. The second kappa shape index (κ2) is 10.7. The molecule has 0 saturated heterocycles.